The number of pyridine rings is 1. The molecule has 0 spiro atoms. The smallest absolute Gasteiger partial charge is 0.254 e. The minimum Gasteiger partial charge on any atom is -0.396 e. The highest BCUT2D eigenvalue weighted by Crippen LogP contribution is 2.19. The van der Waals surface area contributed by atoms with Crippen LogP contribution < -0.4 is 5.32 Å². The quantitative estimate of drug-likeness (QED) is 0.860. The molecule has 1 fully saturated rings. The molecule has 1 amide bonds. The van der Waals surface area contributed by atoms with Crippen molar-refractivity contribution in [1.82, 2.24) is 9.88 Å². The van der Waals surface area contributed by atoms with Crippen LogP contribution in [-0.2, 0) is 0 Å². The van der Waals surface area contributed by atoms with Gasteiger partial charge in [-0.15, -0.1) is 0 Å². The molecule has 0 radical (unpaired) electrons. The van der Waals surface area contributed by atoms with Gasteiger partial charge < -0.3 is 15.3 Å². The minimum absolute atomic E-state index is 0.0586. The van der Waals surface area contributed by atoms with E-state index in [1.54, 1.807) is 12.3 Å². The van der Waals surface area contributed by atoms with E-state index in [0.717, 1.165) is 44.7 Å². The number of anilines is 1. The Balaban J connectivity index is 1.98. The van der Waals surface area contributed by atoms with Gasteiger partial charge in [-0.1, -0.05) is 6.92 Å². The van der Waals surface area contributed by atoms with Crippen LogP contribution in [0.4, 0.5) is 5.82 Å². The first-order valence-corrected chi connectivity index (χ1v) is 7.34. The van der Waals surface area contributed by atoms with Crippen molar-refractivity contribution in [2.75, 3.05) is 31.6 Å². The van der Waals surface area contributed by atoms with E-state index in [0.29, 0.717) is 11.5 Å². The van der Waals surface area contributed by atoms with Gasteiger partial charge in [0.2, 0.25) is 0 Å². The van der Waals surface area contributed by atoms with Crippen molar-refractivity contribution in [2.24, 2.45) is 5.92 Å². The molecule has 5 nitrogen and oxygen atoms in total. The monoisotopic (exact) mass is 277 g/mol. The van der Waals surface area contributed by atoms with Crippen LogP contribution in [0, 0.1) is 5.92 Å². The first kappa shape index (κ1) is 14.8. The van der Waals surface area contributed by atoms with Gasteiger partial charge in [0.1, 0.15) is 5.82 Å². The molecule has 2 N–H and O–H groups in total. The van der Waals surface area contributed by atoms with Gasteiger partial charge in [0.25, 0.3) is 5.91 Å². The van der Waals surface area contributed by atoms with Gasteiger partial charge in [-0.2, -0.15) is 0 Å². The molecule has 0 aromatic carbocycles. The van der Waals surface area contributed by atoms with Crippen LogP contribution in [0.25, 0.3) is 0 Å². The summed E-state index contributed by atoms with van der Waals surface area (Å²) in [6.07, 6.45) is 4.46. The summed E-state index contributed by atoms with van der Waals surface area (Å²) in [5, 5.41) is 12.3. The molecule has 0 atom stereocenters. The van der Waals surface area contributed by atoms with Crippen LogP contribution in [0.15, 0.2) is 18.3 Å². The van der Waals surface area contributed by atoms with Gasteiger partial charge in [0, 0.05) is 38.0 Å². The second-order valence-electron chi connectivity index (χ2n) is 5.27. The SMILES string of the molecule is CCCNc1cc(C(=O)N2CCC(CO)CC2)ccn1. The van der Waals surface area contributed by atoms with Crippen LogP contribution in [0.3, 0.4) is 0 Å². The van der Waals surface area contributed by atoms with E-state index >= 15 is 0 Å². The molecule has 0 aliphatic carbocycles. The summed E-state index contributed by atoms with van der Waals surface area (Å²) in [5.41, 5.74) is 0.682. The summed E-state index contributed by atoms with van der Waals surface area (Å²) in [6, 6.07) is 3.58. The molecule has 1 saturated heterocycles. The number of carbonyl (C=O) groups excluding carboxylic acids is 1. The fraction of sp³-hybridized carbons (Fsp3) is 0.600. The van der Waals surface area contributed by atoms with Gasteiger partial charge >= 0.3 is 0 Å². The molecule has 2 heterocycles. The Bertz CT molecular complexity index is 442. The van der Waals surface area contributed by atoms with Crippen LogP contribution in [0.5, 0.6) is 0 Å². The zero-order valence-corrected chi connectivity index (χ0v) is 12.0. The van der Waals surface area contributed by atoms with Crippen molar-refractivity contribution in [2.45, 2.75) is 26.2 Å². The highest BCUT2D eigenvalue weighted by molar-refractivity contribution is 5.94. The molecule has 2 rings (SSSR count). The van der Waals surface area contributed by atoms with E-state index in [-0.39, 0.29) is 12.5 Å². The average molecular weight is 277 g/mol. The van der Waals surface area contributed by atoms with Crippen LogP contribution in [-0.4, -0.2) is 47.1 Å². The van der Waals surface area contributed by atoms with Crippen molar-refractivity contribution in [1.29, 1.82) is 0 Å². The zero-order valence-electron chi connectivity index (χ0n) is 12.0. The van der Waals surface area contributed by atoms with Crippen molar-refractivity contribution in [3.05, 3.63) is 23.9 Å². The lowest BCUT2D eigenvalue weighted by Crippen LogP contribution is -2.39. The predicted octanol–water partition coefficient (Wildman–Crippen LogP) is 1.75. The maximum absolute atomic E-state index is 12.4. The molecule has 5 heteroatoms. The topological polar surface area (TPSA) is 65.5 Å². The molecule has 0 bridgehead atoms. The van der Waals surface area contributed by atoms with E-state index in [1.807, 2.05) is 11.0 Å². The number of hydrogen-bond acceptors (Lipinski definition) is 4. The fourth-order valence-electron chi connectivity index (χ4n) is 2.41. The Labute approximate surface area is 120 Å². The van der Waals surface area contributed by atoms with Gasteiger partial charge in [-0.3, -0.25) is 4.79 Å². The van der Waals surface area contributed by atoms with E-state index in [4.69, 9.17) is 5.11 Å². The van der Waals surface area contributed by atoms with E-state index in [1.165, 1.54) is 0 Å². The average Bonchev–Trinajstić information content (AvgIpc) is 2.52. The first-order valence-electron chi connectivity index (χ1n) is 7.34. The molecule has 110 valence electrons. The molecule has 20 heavy (non-hydrogen) atoms. The first-order chi connectivity index (χ1) is 9.74. The molecule has 1 aromatic heterocycles. The number of hydrogen-bond donors (Lipinski definition) is 2. The highest BCUT2D eigenvalue weighted by Gasteiger charge is 2.23. The third-order valence-corrected chi connectivity index (χ3v) is 3.72. The summed E-state index contributed by atoms with van der Waals surface area (Å²) in [6.45, 7) is 4.62. The van der Waals surface area contributed by atoms with Gasteiger partial charge in [-0.25, -0.2) is 4.98 Å². The number of likely N-dealkylation sites (tertiary alicyclic amines) is 1. The number of nitrogens with zero attached hydrogens (tertiary/aromatic N) is 2. The van der Waals surface area contributed by atoms with E-state index in [2.05, 4.69) is 17.2 Å². The normalized spacial score (nSPS) is 16.2. The van der Waals surface area contributed by atoms with Crippen molar-refractivity contribution >= 4 is 11.7 Å². The molecular formula is C15H23N3O2. The summed E-state index contributed by atoms with van der Waals surface area (Å²) >= 11 is 0. The predicted molar refractivity (Wildman–Crippen MR) is 78.7 cm³/mol. The Morgan fingerprint density at radius 3 is 2.90 bits per heavy atom. The summed E-state index contributed by atoms with van der Waals surface area (Å²) in [7, 11) is 0. The Kier molecular flexibility index (Phi) is 5.35. The van der Waals surface area contributed by atoms with Crippen LogP contribution in [0.2, 0.25) is 0 Å². The second-order valence-corrected chi connectivity index (χ2v) is 5.27. The lowest BCUT2D eigenvalue weighted by Gasteiger charge is -2.31. The van der Waals surface area contributed by atoms with E-state index in [9.17, 15) is 4.79 Å². The lowest BCUT2D eigenvalue weighted by atomic mass is 9.97. The third-order valence-electron chi connectivity index (χ3n) is 3.72. The van der Waals surface area contributed by atoms with Gasteiger partial charge in [0.15, 0.2) is 0 Å². The summed E-state index contributed by atoms with van der Waals surface area (Å²) in [5.74, 6) is 1.16. The number of rotatable bonds is 5. The van der Waals surface area contributed by atoms with Crippen LogP contribution >= 0.6 is 0 Å². The maximum atomic E-state index is 12.4. The Morgan fingerprint density at radius 2 is 2.25 bits per heavy atom. The molecule has 1 aliphatic rings. The minimum atomic E-state index is 0.0586. The highest BCUT2D eigenvalue weighted by atomic mass is 16.3. The van der Waals surface area contributed by atoms with Crippen molar-refractivity contribution in [3.8, 4) is 0 Å². The fourth-order valence-corrected chi connectivity index (χ4v) is 2.41. The number of piperidine rings is 1. The molecule has 1 aromatic rings. The van der Waals surface area contributed by atoms with Crippen molar-refractivity contribution in [3.63, 3.8) is 0 Å². The second kappa shape index (κ2) is 7.24. The summed E-state index contributed by atoms with van der Waals surface area (Å²) < 4.78 is 0. The lowest BCUT2D eigenvalue weighted by molar-refractivity contribution is 0.0651. The number of amides is 1. The van der Waals surface area contributed by atoms with Crippen LogP contribution in [0.1, 0.15) is 36.5 Å². The maximum Gasteiger partial charge on any atom is 0.254 e. The molecule has 0 saturated carbocycles. The van der Waals surface area contributed by atoms with Gasteiger partial charge in [-0.05, 0) is 37.3 Å². The number of aliphatic hydroxyl groups excluding tert-OH is 1. The Hall–Kier alpha value is -1.62. The number of carbonyl (C=O) groups is 1. The largest absolute Gasteiger partial charge is 0.396 e. The molecule has 0 unspecified atom stereocenters. The number of nitrogens with one attached hydrogen (secondary N) is 1. The number of aliphatic hydroxyl groups is 1. The number of aromatic nitrogens is 1. The zero-order chi connectivity index (χ0) is 14.4. The van der Waals surface area contributed by atoms with Gasteiger partial charge in [0.05, 0.1) is 0 Å². The van der Waals surface area contributed by atoms with Crippen molar-refractivity contribution < 1.29 is 9.90 Å². The summed E-state index contributed by atoms with van der Waals surface area (Å²) in [4.78, 5) is 18.5. The van der Waals surface area contributed by atoms with E-state index < -0.39 is 0 Å². The third kappa shape index (κ3) is 3.70. The molecular weight excluding hydrogens is 254 g/mol. The standard InChI is InChI=1S/C15H23N3O2/c1-2-6-16-14-10-13(3-7-17-14)15(20)18-8-4-12(11-19)5-9-18/h3,7,10,12,19H,2,4-6,8-9,11H2,1H3,(H,16,17). The Morgan fingerprint density at radius 1 is 1.50 bits per heavy atom. The molecule has 1 aliphatic heterocycles.